The highest BCUT2D eigenvalue weighted by atomic mass is 32.2. The second kappa shape index (κ2) is 5.18. The molecule has 0 amide bonds. The molecular weight excluding hydrogens is 276 g/mol. The number of para-hydroxylation sites is 2. The molecule has 0 fully saturated rings. The highest BCUT2D eigenvalue weighted by Gasteiger charge is 2.39. The van der Waals surface area contributed by atoms with Crippen LogP contribution in [0.15, 0.2) is 28.7 Å². The lowest BCUT2D eigenvalue weighted by atomic mass is 10.00. The van der Waals surface area contributed by atoms with Crippen molar-refractivity contribution in [3.8, 4) is 0 Å². The molecule has 2 aromatic rings. The standard InChI is InChI=1S/C14H20N2O3S/c1-14(2,20(4,17)18)12(15-3)9-13-16-10-7-5-6-8-11(10)19-13/h5-8,12,15H,9H2,1-4H3. The lowest BCUT2D eigenvalue weighted by Crippen LogP contribution is -2.51. The predicted molar refractivity (Wildman–Crippen MR) is 79.5 cm³/mol. The molecule has 1 heterocycles. The molecule has 1 aromatic carbocycles. The fraction of sp³-hybridized carbons (Fsp3) is 0.500. The van der Waals surface area contributed by atoms with E-state index in [0.29, 0.717) is 12.3 Å². The molecule has 0 radical (unpaired) electrons. The number of benzene rings is 1. The van der Waals surface area contributed by atoms with Crippen molar-refractivity contribution in [2.24, 2.45) is 0 Å². The molecule has 0 aliphatic rings. The third-order valence-electron chi connectivity index (χ3n) is 3.86. The van der Waals surface area contributed by atoms with Crippen LogP contribution >= 0.6 is 0 Å². The van der Waals surface area contributed by atoms with Crippen LogP contribution in [0.2, 0.25) is 0 Å². The Bertz CT molecular complexity index is 671. The van der Waals surface area contributed by atoms with Crippen LogP contribution in [-0.4, -0.2) is 37.5 Å². The molecule has 6 heteroatoms. The number of fused-ring (bicyclic) bond motifs is 1. The minimum atomic E-state index is -3.20. The first-order valence-corrected chi connectivity index (χ1v) is 8.36. The van der Waals surface area contributed by atoms with E-state index in [1.165, 1.54) is 6.26 Å². The summed E-state index contributed by atoms with van der Waals surface area (Å²) in [5.41, 5.74) is 1.50. The van der Waals surface area contributed by atoms with E-state index in [1.54, 1.807) is 20.9 Å². The van der Waals surface area contributed by atoms with Gasteiger partial charge < -0.3 is 9.73 Å². The molecule has 1 aromatic heterocycles. The van der Waals surface area contributed by atoms with Gasteiger partial charge in [0.2, 0.25) is 0 Å². The van der Waals surface area contributed by atoms with Crippen molar-refractivity contribution in [2.45, 2.75) is 31.1 Å². The van der Waals surface area contributed by atoms with Crippen molar-refractivity contribution in [1.29, 1.82) is 0 Å². The summed E-state index contributed by atoms with van der Waals surface area (Å²) in [4.78, 5) is 4.39. The van der Waals surface area contributed by atoms with Crippen molar-refractivity contribution >= 4 is 20.9 Å². The first kappa shape index (κ1) is 15.0. The lowest BCUT2D eigenvalue weighted by Gasteiger charge is -2.31. The number of hydrogen-bond donors (Lipinski definition) is 1. The Morgan fingerprint density at radius 3 is 2.55 bits per heavy atom. The number of nitrogens with zero attached hydrogens (tertiary/aromatic N) is 1. The molecule has 20 heavy (non-hydrogen) atoms. The van der Waals surface area contributed by atoms with Gasteiger partial charge in [0, 0.05) is 18.7 Å². The van der Waals surface area contributed by atoms with Gasteiger partial charge in [-0.2, -0.15) is 0 Å². The van der Waals surface area contributed by atoms with E-state index in [0.717, 1.165) is 11.1 Å². The molecule has 1 unspecified atom stereocenters. The monoisotopic (exact) mass is 296 g/mol. The molecule has 0 aliphatic carbocycles. The van der Waals surface area contributed by atoms with Gasteiger partial charge in [0.1, 0.15) is 5.52 Å². The minimum absolute atomic E-state index is 0.273. The van der Waals surface area contributed by atoms with Crippen LogP contribution in [0, 0.1) is 0 Å². The van der Waals surface area contributed by atoms with Gasteiger partial charge in [-0.1, -0.05) is 12.1 Å². The lowest BCUT2D eigenvalue weighted by molar-refractivity contribution is 0.395. The maximum atomic E-state index is 11.9. The van der Waals surface area contributed by atoms with E-state index in [9.17, 15) is 8.42 Å². The van der Waals surface area contributed by atoms with Crippen molar-refractivity contribution in [1.82, 2.24) is 10.3 Å². The zero-order valence-electron chi connectivity index (χ0n) is 12.2. The highest BCUT2D eigenvalue weighted by molar-refractivity contribution is 7.92. The molecule has 110 valence electrons. The quantitative estimate of drug-likeness (QED) is 0.910. The summed E-state index contributed by atoms with van der Waals surface area (Å²) in [5.74, 6) is 0.544. The van der Waals surface area contributed by atoms with Crippen LogP contribution in [0.5, 0.6) is 0 Å². The van der Waals surface area contributed by atoms with E-state index >= 15 is 0 Å². The predicted octanol–water partition coefficient (Wildman–Crippen LogP) is 1.78. The van der Waals surface area contributed by atoms with E-state index in [-0.39, 0.29) is 6.04 Å². The maximum Gasteiger partial charge on any atom is 0.197 e. The van der Waals surface area contributed by atoms with E-state index in [2.05, 4.69) is 10.3 Å². The Morgan fingerprint density at radius 1 is 1.35 bits per heavy atom. The van der Waals surface area contributed by atoms with Gasteiger partial charge in [-0.05, 0) is 33.0 Å². The van der Waals surface area contributed by atoms with Crippen molar-refractivity contribution in [3.05, 3.63) is 30.2 Å². The Balaban J connectivity index is 2.31. The Morgan fingerprint density at radius 2 is 2.00 bits per heavy atom. The molecular formula is C14H20N2O3S. The van der Waals surface area contributed by atoms with Gasteiger partial charge in [-0.25, -0.2) is 13.4 Å². The number of hydrogen-bond acceptors (Lipinski definition) is 5. The molecule has 5 nitrogen and oxygen atoms in total. The number of oxazole rings is 1. The molecule has 0 bridgehead atoms. The molecule has 2 rings (SSSR count). The smallest absolute Gasteiger partial charge is 0.197 e. The molecule has 0 saturated heterocycles. The number of likely N-dealkylation sites (N-methyl/N-ethyl adjacent to an activating group) is 1. The maximum absolute atomic E-state index is 11.9. The van der Waals surface area contributed by atoms with Crippen LogP contribution in [0.1, 0.15) is 19.7 Å². The van der Waals surface area contributed by atoms with Crippen LogP contribution < -0.4 is 5.32 Å². The van der Waals surface area contributed by atoms with E-state index in [1.807, 2.05) is 24.3 Å². The zero-order valence-corrected chi connectivity index (χ0v) is 13.0. The fourth-order valence-electron chi connectivity index (χ4n) is 2.14. The van der Waals surface area contributed by atoms with Gasteiger partial charge in [-0.15, -0.1) is 0 Å². The van der Waals surface area contributed by atoms with Gasteiger partial charge in [0.15, 0.2) is 21.3 Å². The highest BCUT2D eigenvalue weighted by Crippen LogP contribution is 2.24. The number of nitrogens with one attached hydrogen (secondary N) is 1. The Kier molecular flexibility index (Phi) is 3.88. The van der Waals surface area contributed by atoms with Gasteiger partial charge in [-0.3, -0.25) is 0 Å². The summed E-state index contributed by atoms with van der Waals surface area (Å²) in [6, 6.07) is 7.23. The fourth-order valence-corrected chi connectivity index (χ4v) is 2.85. The Hall–Kier alpha value is -1.40. The van der Waals surface area contributed by atoms with Crippen LogP contribution in [0.25, 0.3) is 11.1 Å². The van der Waals surface area contributed by atoms with Gasteiger partial charge in [0.25, 0.3) is 0 Å². The topological polar surface area (TPSA) is 72.2 Å². The van der Waals surface area contributed by atoms with Crippen molar-refractivity contribution < 1.29 is 12.8 Å². The van der Waals surface area contributed by atoms with Crippen LogP contribution in [0.3, 0.4) is 0 Å². The van der Waals surface area contributed by atoms with Gasteiger partial charge in [0.05, 0.1) is 4.75 Å². The summed E-state index contributed by atoms with van der Waals surface area (Å²) in [6.07, 6.45) is 1.68. The Labute approximate surface area is 119 Å². The molecule has 0 saturated carbocycles. The van der Waals surface area contributed by atoms with Crippen LogP contribution in [-0.2, 0) is 16.3 Å². The average Bonchev–Trinajstić information content (AvgIpc) is 2.76. The summed E-state index contributed by atoms with van der Waals surface area (Å²) >= 11 is 0. The summed E-state index contributed by atoms with van der Waals surface area (Å²) in [6.45, 7) is 3.43. The molecule has 1 atom stereocenters. The summed E-state index contributed by atoms with van der Waals surface area (Å²) in [7, 11) is -1.45. The van der Waals surface area contributed by atoms with Gasteiger partial charge >= 0.3 is 0 Å². The zero-order chi connectivity index (χ0) is 15.0. The largest absolute Gasteiger partial charge is 0.441 e. The molecule has 0 aliphatic heterocycles. The average molecular weight is 296 g/mol. The third kappa shape index (κ3) is 2.71. The summed E-state index contributed by atoms with van der Waals surface area (Å²) < 4.78 is 28.6. The minimum Gasteiger partial charge on any atom is -0.441 e. The summed E-state index contributed by atoms with van der Waals surface area (Å²) in [5, 5.41) is 3.06. The molecule has 1 N–H and O–H groups in total. The second-order valence-electron chi connectivity index (χ2n) is 5.50. The van der Waals surface area contributed by atoms with Crippen molar-refractivity contribution in [3.63, 3.8) is 0 Å². The van der Waals surface area contributed by atoms with E-state index < -0.39 is 14.6 Å². The first-order valence-electron chi connectivity index (χ1n) is 6.47. The first-order chi connectivity index (χ1) is 9.25. The molecule has 0 spiro atoms. The third-order valence-corrected chi connectivity index (χ3v) is 6.06. The van der Waals surface area contributed by atoms with Crippen molar-refractivity contribution in [2.75, 3.05) is 13.3 Å². The number of rotatable bonds is 5. The van der Waals surface area contributed by atoms with Crippen LogP contribution in [0.4, 0.5) is 0 Å². The second-order valence-corrected chi connectivity index (χ2v) is 8.09. The number of sulfone groups is 1. The SMILES string of the molecule is CNC(Cc1nc2ccccc2o1)C(C)(C)S(C)(=O)=O. The van der Waals surface area contributed by atoms with E-state index in [4.69, 9.17) is 4.42 Å². The normalized spacial score (nSPS) is 14.6. The number of aromatic nitrogens is 1.